The third-order valence-electron chi connectivity index (χ3n) is 4.96. The fourth-order valence-corrected chi connectivity index (χ4v) is 3.21. The minimum absolute atomic E-state index is 0.0183. The zero-order valence-electron chi connectivity index (χ0n) is 16.6. The molecule has 2 aromatic rings. The van der Waals surface area contributed by atoms with Crippen LogP contribution in [0.2, 0.25) is 0 Å². The second-order valence-corrected chi connectivity index (χ2v) is 8.19. The molecule has 2 N–H and O–H groups in total. The quantitative estimate of drug-likeness (QED) is 0.800. The highest BCUT2D eigenvalue weighted by atomic mass is 16.2. The largest absolute Gasteiger partial charge is 0.325 e. The van der Waals surface area contributed by atoms with Gasteiger partial charge in [-0.25, -0.2) is 4.79 Å². The van der Waals surface area contributed by atoms with Crippen LogP contribution >= 0.6 is 0 Å². The molecule has 4 amide bonds. The van der Waals surface area contributed by atoms with Crippen molar-refractivity contribution in [2.24, 2.45) is 0 Å². The fraction of sp³-hybridized carbons (Fsp3) is 0.318. The lowest BCUT2D eigenvalue weighted by atomic mass is 9.87. The molecule has 1 aliphatic heterocycles. The number of carbonyl (C=O) groups excluding carboxylic acids is 3. The smallest absolute Gasteiger partial charge is 0.325 e. The third-order valence-corrected chi connectivity index (χ3v) is 4.96. The van der Waals surface area contributed by atoms with Crippen LogP contribution in [0.3, 0.4) is 0 Å². The fourth-order valence-electron chi connectivity index (χ4n) is 3.21. The van der Waals surface area contributed by atoms with Gasteiger partial charge < -0.3 is 10.6 Å². The molecule has 1 unspecified atom stereocenters. The number of hydrogen-bond acceptors (Lipinski definition) is 3. The summed E-state index contributed by atoms with van der Waals surface area (Å²) in [6, 6.07) is 16.0. The van der Waals surface area contributed by atoms with Gasteiger partial charge in [-0.05, 0) is 35.6 Å². The average molecular weight is 379 g/mol. The maximum absolute atomic E-state index is 12.8. The normalized spacial score (nSPS) is 19.5. The van der Waals surface area contributed by atoms with Crippen LogP contribution in [0.5, 0.6) is 0 Å². The van der Waals surface area contributed by atoms with Crippen molar-refractivity contribution in [1.82, 2.24) is 10.2 Å². The first-order valence-corrected chi connectivity index (χ1v) is 9.21. The van der Waals surface area contributed by atoms with Gasteiger partial charge in [-0.2, -0.15) is 0 Å². The first-order valence-electron chi connectivity index (χ1n) is 9.21. The van der Waals surface area contributed by atoms with Crippen molar-refractivity contribution < 1.29 is 14.4 Å². The highest BCUT2D eigenvalue weighted by molar-refractivity contribution is 6.10. The van der Waals surface area contributed by atoms with E-state index in [9.17, 15) is 14.4 Å². The zero-order chi connectivity index (χ0) is 20.5. The molecule has 146 valence electrons. The predicted octanol–water partition coefficient (Wildman–Crippen LogP) is 3.39. The highest BCUT2D eigenvalue weighted by Gasteiger charge is 2.49. The lowest BCUT2D eigenvalue weighted by molar-refractivity contribution is -0.133. The highest BCUT2D eigenvalue weighted by Crippen LogP contribution is 2.28. The van der Waals surface area contributed by atoms with Gasteiger partial charge in [-0.15, -0.1) is 0 Å². The van der Waals surface area contributed by atoms with Gasteiger partial charge in [0.1, 0.15) is 12.1 Å². The van der Waals surface area contributed by atoms with E-state index in [2.05, 4.69) is 31.4 Å². The van der Waals surface area contributed by atoms with Crippen LogP contribution in [0.25, 0.3) is 0 Å². The van der Waals surface area contributed by atoms with Crippen LogP contribution in [-0.2, 0) is 20.5 Å². The van der Waals surface area contributed by atoms with Crippen molar-refractivity contribution in [3.8, 4) is 0 Å². The molecular weight excluding hydrogens is 354 g/mol. The Bertz CT molecular complexity index is 901. The summed E-state index contributed by atoms with van der Waals surface area (Å²) in [5.74, 6) is -0.869. The van der Waals surface area contributed by atoms with E-state index in [4.69, 9.17) is 0 Å². The van der Waals surface area contributed by atoms with Crippen molar-refractivity contribution >= 4 is 23.5 Å². The zero-order valence-corrected chi connectivity index (χ0v) is 16.6. The number of benzene rings is 2. The van der Waals surface area contributed by atoms with E-state index < -0.39 is 23.4 Å². The maximum Gasteiger partial charge on any atom is 0.325 e. The SMILES string of the molecule is CC(C)(C)c1ccc(NC(=O)CN2C(=O)NC(C)(c3ccccc3)C2=O)cc1. The molecule has 1 fully saturated rings. The molecule has 1 heterocycles. The summed E-state index contributed by atoms with van der Waals surface area (Å²) < 4.78 is 0. The Morgan fingerprint density at radius 2 is 1.64 bits per heavy atom. The van der Waals surface area contributed by atoms with Gasteiger partial charge in [0.15, 0.2) is 0 Å². The number of imide groups is 1. The molecule has 1 aliphatic rings. The summed E-state index contributed by atoms with van der Waals surface area (Å²) in [5.41, 5.74) is 1.29. The van der Waals surface area contributed by atoms with Crippen LogP contribution in [0, 0.1) is 0 Å². The van der Waals surface area contributed by atoms with Gasteiger partial charge in [0, 0.05) is 5.69 Å². The number of rotatable bonds is 4. The Morgan fingerprint density at radius 1 is 1.04 bits per heavy atom. The molecule has 0 radical (unpaired) electrons. The number of hydrogen-bond donors (Lipinski definition) is 2. The minimum Gasteiger partial charge on any atom is -0.325 e. The topological polar surface area (TPSA) is 78.5 Å². The minimum atomic E-state index is -1.17. The van der Waals surface area contributed by atoms with Gasteiger partial charge >= 0.3 is 6.03 Å². The summed E-state index contributed by atoms with van der Waals surface area (Å²) in [5, 5.41) is 5.44. The molecule has 0 aliphatic carbocycles. The lowest BCUT2D eigenvalue weighted by Crippen LogP contribution is -2.42. The Hall–Kier alpha value is -3.15. The molecule has 0 bridgehead atoms. The van der Waals surface area contributed by atoms with Gasteiger partial charge in [0.25, 0.3) is 5.91 Å². The molecule has 2 aromatic carbocycles. The molecule has 1 saturated heterocycles. The number of nitrogens with one attached hydrogen (secondary N) is 2. The summed E-state index contributed by atoms with van der Waals surface area (Å²) >= 11 is 0. The molecule has 28 heavy (non-hydrogen) atoms. The Labute approximate surface area is 164 Å². The number of carbonyl (C=O) groups is 3. The second kappa shape index (κ2) is 7.11. The second-order valence-electron chi connectivity index (χ2n) is 8.19. The molecule has 6 nitrogen and oxygen atoms in total. The van der Waals surface area contributed by atoms with Gasteiger partial charge in [0.05, 0.1) is 0 Å². The van der Waals surface area contributed by atoms with Crippen molar-refractivity contribution in [2.75, 3.05) is 11.9 Å². The number of anilines is 1. The van der Waals surface area contributed by atoms with Crippen LogP contribution in [-0.4, -0.2) is 29.3 Å². The average Bonchev–Trinajstić information content (AvgIpc) is 2.86. The van der Waals surface area contributed by atoms with E-state index >= 15 is 0 Å². The van der Waals surface area contributed by atoms with Crippen molar-refractivity contribution in [2.45, 2.75) is 38.6 Å². The van der Waals surface area contributed by atoms with E-state index in [0.29, 0.717) is 11.3 Å². The molecule has 0 spiro atoms. The summed E-state index contributed by atoms with van der Waals surface area (Å²) in [7, 11) is 0. The van der Waals surface area contributed by atoms with E-state index in [0.717, 1.165) is 10.5 Å². The summed E-state index contributed by atoms with van der Waals surface area (Å²) in [6.45, 7) is 7.64. The van der Waals surface area contributed by atoms with E-state index in [1.165, 1.54) is 0 Å². The molecular formula is C22H25N3O3. The molecule has 1 atom stereocenters. The van der Waals surface area contributed by atoms with Crippen LogP contribution in [0.1, 0.15) is 38.8 Å². The van der Waals surface area contributed by atoms with Crippen LogP contribution in [0.4, 0.5) is 10.5 Å². The first kappa shape index (κ1) is 19.6. The molecule has 3 rings (SSSR count). The van der Waals surface area contributed by atoms with Crippen molar-refractivity contribution in [3.05, 3.63) is 65.7 Å². The number of amides is 4. The molecule has 0 saturated carbocycles. The Kier molecular flexibility index (Phi) is 4.98. The summed E-state index contributed by atoms with van der Waals surface area (Å²) in [6.07, 6.45) is 0. The van der Waals surface area contributed by atoms with Crippen molar-refractivity contribution in [3.63, 3.8) is 0 Å². The monoisotopic (exact) mass is 379 g/mol. The Balaban J connectivity index is 1.69. The third kappa shape index (κ3) is 3.76. The predicted molar refractivity (Wildman–Crippen MR) is 108 cm³/mol. The molecule has 0 aromatic heterocycles. The number of nitrogens with zero attached hydrogens (tertiary/aromatic N) is 1. The van der Waals surface area contributed by atoms with Gasteiger partial charge in [0.2, 0.25) is 5.91 Å². The standard InChI is InChI=1S/C22H25N3O3/c1-21(2,3)15-10-12-17(13-11-15)23-18(26)14-25-19(27)22(4,24-20(25)28)16-8-6-5-7-9-16/h5-13H,14H2,1-4H3,(H,23,26)(H,24,28). The van der Waals surface area contributed by atoms with E-state index in [1.807, 2.05) is 30.3 Å². The van der Waals surface area contributed by atoms with Crippen LogP contribution < -0.4 is 10.6 Å². The first-order chi connectivity index (χ1) is 13.1. The maximum atomic E-state index is 12.8. The van der Waals surface area contributed by atoms with Gasteiger partial charge in [-0.1, -0.05) is 63.2 Å². The van der Waals surface area contributed by atoms with E-state index in [1.54, 1.807) is 31.2 Å². The van der Waals surface area contributed by atoms with Gasteiger partial charge in [-0.3, -0.25) is 14.5 Å². The van der Waals surface area contributed by atoms with Crippen LogP contribution in [0.15, 0.2) is 54.6 Å². The van der Waals surface area contributed by atoms with Crippen molar-refractivity contribution in [1.29, 1.82) is 0 Å². The number of urea groups is 1. The Morgan fingerprint density at radius 3 is 2.21 bits per heavy atom. The lowest BCUT2D eigenvalue weighted by Gasteiger charge is -2.22. The van der Waals surface area contributed by atoms with E-state index in [-0.39, 0.29) is 12.0 Å². The summed E-state index contributed by atoms with van der Waals surface area (Å²) in [4.78, 5) is 38.5. The molecule has 6 heteroatoms.